The molecule has 2 amide bonds. The maximum Gasteiger partial charge on any atom is 0.273 e. The first-order valence-corrected chi connectivity index (χ1v) is 14.1. The molecule has 41 heavy (non-hydrogen) atoms. The van der Waals surface area contributed by atoms with Crippen LogP contribution >= 0.6 is 11.8 Å². The van der Waals surface area contributed by atoms with Crippen molar-refractivity contribution in [3.63, 3.8) is 0 Å². The predicted molar refractivity (Wildman–Crippen MR) is 155 cm³/mol. The molecule has 0 unspecified atom stereocenters. The number of fused-ring (bicyclic) bond motifs is 1. The van der Waals surface area contributed by atoms with Gasteiger partial charge in [0.15, 0.2) is 11.0 Å². The maximum absolute atomic E-state index is 13.1. The third-order valence-electron chi connectivity index (χ3n) is 6.69. The molecule has 210 valence electrons. The average molecular weight is 573 g/mol. The Kier molecular flexibility index (Phi) is 8.29. The van der Waals surface area contributed by atoms with Crippen molar-refractivity contribution in [2.45, 2.75) is 32.0 Å². The summed E-state index contributed by atoms with van der Waals surface area (Å²) in [5.41, 5.74) is 3.33. The monoisotopic (exact) mass is 572 g/mol. The zero-order valence-electron chi connectivity index (χ0n) is 22.6. The first kappa shape index (κ1) is 27.8. The van der Waals surface area contributed by atoms with E-state index >= 15 is 0 Å². The topological polar surface area (TPSA) is 132 Å². The van der Waals surface area contributed by atoms with E-state index in [2.05, 4.69) is 15.5 Å². The van der Waals surface area contributed by atoms with Gasteiger partial charge >= 0.3 is 0 Å². The van der Waals surface area contributed by atoms with Crippen LogP contribution in [0.25, 0.3) is 5.69 Å². The van der Waals surface area contributed by atoms with E-state index in [1.807, 2.05) is 55.5 Å². The molecule has 0 saturated carbocycles. The van der Waals surface area contributed by atoms with Gasteiger partial charge in [-0.05, 0) is 62.2 Å². The lowest BCUT2D eigenvalue weighted by Crippen LogP contribution is -2.30. The van der Waals surface area contributed by atoms with Crippen molar-refractivity contribution in [2.24, 2.45) is 0 Å². The zero-order chi connectivity index (χ0) is 28.9. The number of rotatable bonds is 10. The standard InChI is InChI=1S/C29H28N6O5S/c1-3-40-23-12-10-22(11-13-23)34-26(17-30-28(37)21-9-8-19(2)25(16-21)35(38)39)31-32-29(34)41-18-27(36)33-15-14-20-6-4-5-7-24(20)33/h4-13,16H,3,14-15,17-18H2,1-2H3,(H,30,37). The number of thioether (sulfide) groups is 1. The SMILES string of the molecule is CCOc1ccc(-n2c(CNC(=O)c3ccc(C)c([N+](=O)[O-])c3)nnc2SCC(=O)N2CCc3ccccc32)cc1. The number of carbonyl (C=O) groups excluding carboxylic acids is 2. The summed E-state index contributed by atoms with van der Waals surface area (Å²) in [7, 11) is 0. The second-order valence-corrected chi connectivity index (χ2v) is 10.3. The van der Waals surface area contributed by atoms with Gasteiger partial charge < -0.3 is 15.0 Å². The van der Waals surface area contributed by atoms with Crippen molar-refractivity contribution in [3.8, 4) is 11.4 Å². The molecule has 1 aromatic heterocycles. The molecule has 3 aromatic carbocycles. The normalized spacial score (nSPS) is 12.2. The van der Waals surface area contributed by atoms with Gasteiger partial charge in [0.2, 0.25) is 5.91 Å². The molecule has 0 aliphatic carbocycles. The fraction of sp³-hybridized carbons (Fsp3) is 0.241. The van der Waals surface area contributed by atoms with Crippen molar-refractivity contribution in [2.75, 3.05) is 23.8 Å². The van der Waals surface area contributed by atoms with Crippen LogP contribution in [0.2, 0.25) is 0 Å². The third-order valence-corrected chi connectivity index (χ3v) is 7.61. The second-order valence-electron chi connectivity index (χ2n) is 9.31. The molecule has 11 nitrogen and oxygen atoms in total. The van der Waals surface area contributed by atoms with Crippen LogP contribution in [0.4, 0.5) is 11.4 Å². The number of anilines is 1. The van der Waals surface area contributed by atoms with Crippen molar-refractivity contribution < 1.29 is 19.2 Å². The number of benzene rings is 3. The molecule has 0 spiro atoms. The fourth-order valence-corrected chi connectivity index (χ4v) is 5.48. The summed E-state index contributed by atoms with van der Waals surface area (Å²) >= 11 is 1.26. The van der Waals surface area contributed by atoms with Crippen LogP contribution in [-0.2, 0) is 17.8 Å². The number of carbonyl (C=O) groups is 2. The minimum absolute atomic E-state index is 0.00866. The number of para-hydroxylation sites is 1. The molecular formula is C29H28N6O5S. The van der Waals surface area contributed by atoms with Gasteiger partial charge in [-0.15, -0.1) is 10.2 Å². The number of nitrogens with one attached hydrogen (secondary N) is 1. The van der Waals surface area contributed by atoms with Crippen molar-refractivity contribution >= 4 is 35.0 Å². The first-order valence-electron chi connectivity index (χ1n) is 13.1. The van der Waals surface area contributed by atoms with E-state index in [0.29, 0.717) is 35.4 Å². The van der Waals surface area contributed by atoms with E-state index in [0.717, 1.165) is 23.4 Å². The second kappa shape index (κ2) is 12.2. The Morgan fingerprint density at radius 2 is 1.88 bits per heavy atom. The fourth-order valence-electron chi connectivity index (χ4n) is 4.64. The van der Waals surface area contributed by atoms with Crippen LogP contribution in [0.3, 0.4) is 0 Å². The Balaban J connectivity index is 1.36. The molecule has 12 heteroatoms. The number of nitro benzene ring substituents is 1. The number of amides is 2. The van der Waals surface area contributed by atoms with E-state index < -0.39 is 10.8 Å². The Morgan fingerprint density at radius 3 is 2.63 bits per heavy atom. The molecule has 2 heterocycles. The van der Waals surface area contributed by atoms with Crippen LogP contribution in [0.15, 0.2) is 71.9 Å². The first-order chi connectivity index (χ1) is 19.9. The van der Waals surface area contributed by atoms with Gasteiger partial charge in [-0.25, -0.2) is 0 Å². The quantitative estimate of drug-likeness (QED) is 0.167. The smallest absolute Gasteiger partial charge is 0.273 e. The summed E-state index contributed by atoms with van der Waals surface area (Å²) < 4.78 is 7.35. The molecule has 4 aromatic rings. The van der Waals surface area contributed by atoms with Crippen LogP contribution in [0.1, 0.15) is 34.2 Å². The lowest BCUT2D eigenvalue weighted by Gasteiger charge is -2.17. The molecular weight excluding hydrogens is 544 g/mol. The van der Waals surface area contributed by atoms with Crippen LogP contribution in [-0.4, -0.2) is 50.4 Å². The zero-order valence-corrected chi connectivity index (χ0v) is 23.4. The van der Waals surface area contributed by atoms with Crippen LogP contribution < -0.4 is 15.0 Å². The minimum Gasteiger partial charge on any atom is -0.494 e. The number of aryl methyl sites for hydroxylation is 1. The number of nitrogens with zero attached hydrogens (tertiary/aromatic N) is 5. The summed E-state index contributed by atoms with van der Waals surface area (Å²) in [4.78, 5) is 38.6. The highest BCUT2D eigenvalue weighted by Crippen LogP contribution is 2.30. The highest BCUT2D eigenvalue weighted by molar-refractivity contribution is 7.99. The maximum atomic E-state index is 13.1. The van der Waals surface area contributed by atoms with E-state index in [9.17, 15) is 19.7 Å². The molecule has 0 fully saturated rings. The largest absolute Gasteiger partial charge is 0.494 e. The van der Waals surface area contributed by atoms with Gasteiger partial charge in [0.05, 0.1) is 23.8 Å². The Bertz CT molecular complexity index is 1600. The number of hydrogen-bond acceptors (Lipinski definition) is 8. The van der Waals surface area contributed by atoms with Crippen LogP contribution in [0.5, 0.6) is 5.75 Å². The summed E-state index contributed by atoms with van der Waals surface area (Å²) in [6.07, 6.45) is 0.822. The van der Waals surface area contributed by atoms with E-state index in [1.54, 1.807) is 22.5 Å². The van der Waals surface area contributed by atoms with E-state index in [1.165, 1.54) is 23.9 Å². The number of nitro groups is 1. The predicted octanol–water partition coefficient (Wildman–Crippen LogP) is 4.49. The summed E-state index contributed by atoms with van der Waals surface area (Å²) in [6, 6.07) is 19.6. The molecule has 5 rings (SSSR count). The molecule has 0 bridgehead atoms. The van der Waals surface area contributed by atoms with Crippen molar-refractivity contribution in [3.05, 3.63) is 99.4 Å². The number of ether oxygens (including phenoxy) is 1. The van der Waals surface area contributed by atoms with Gasteiger partial charge in [0.25, 0.3) is 11.6 Å². The van der Waals surface area contributed by atoms with Gasteiger partial charge in [-0.2, -0.15) is 0 Å². The number of hydrogen-bond donors (Lipinski definition) is 1. The van der Waals surface area contributed by atoms with Gasteiger partial charge in [0.1, 0.15) is 5.75 Å². The van der Waals surface area contributed by atoms with Crippen molar-refractivity contribution in [1.82, 2.24) is 20.1 Å². The molecule has 1 aliphatic heterocycles. The van der Waals surface area contributed by atoms with Gasteiger partial charge in [0, 0.05) is 35.1 Å². The molecule has 1 aliphatic rings. The highest BCUT2D eigenvalue weighted by Gasteiger charge is 2.25. The Hall–Kier alpha value is -4.71. The molecule has 1 N–H and O–H groups in total. The number of aromatic nitrogens is 3. The van der Waals surface area contributed by atoms with E-state index in [4.69, 9.17) is 4.74 Å². The highest BCUT2D eigenvalue weighted by atomic mass is 32.2. The summed E-state index contributed by atoms with van der Waals surface area (Å²) in [6.45, 7) is 4.70. The molecule has 0 saturated heterocycles. The summed E-state index contributed by atoms with van der Waals surface area (Å²) in [5, 5.41) is 23.2. The lowest BCUT2D eigenvalue weighted by atomic mass is 10.1. The summed E-state index contributed by atoms with van der Waals surface area (Å²) in [5.74, 6) is 0.786. The Morgan fingerprint density at radius 1 is 1.10 bits per heavy atom. The minimum atomic E-state index is -0.514. The van der Waals surface area contributed by atoms with Gasteiger partial charge in [-0.3, -0.25) is 24.3 Å². The average Bonchev–Trinajstić information content (AvgIpc) is 3.59. The van der Waals surface area contributed by atoms with E-state index in [-0.39, 0.29) is 29.5 Å². The lowest BCUT2D eigenvalue weighted by molar-refractivity contribution is -0.385. The Labute approximate surface area is 240 Å². The van der Waals surface area contributed by atoms with Crippen molar-refractivity contribution in [1.29, 1.82) is 0 Å². The van der Waals surface area contributed by atoms with Gasteiger partial charge in [-0.1, -0.05) is 36.0 Å². The third kappa shape index (κ3) is 6.07. The molecule has 0 radical (unpaired) electrons. The molecule has 0 atom stereocenters. The van der Waals surface area contributed by atoms with Crippen LogP contribution in [0, 0.1) is 17.0 Å².